The van der Waals surface area contributed by atoms with Crippen molar-refractivity contribution < 1.29 is 0 Å². The number of nitrogens with zero attached hydrogens (tertiary/aromatic N) is 3. The summed E-state index contributed by atoms with van der Waals surface area (Å²) < 4.78 is 2.16. The largest absolute Gasteiger partial charge is 0.374 e. The van der Waals surface area contributed by atoms with Crippen LogP contribution in [-0.2, 0) is 0 Å². The lowest BCUT2D eigenvalue weighted by molar-refractivity contribution is 0.744. The van der Waals surface area contributed by atoms with Crippen LogP contribution in [0.4, 0.5) is 5.13 Å². The Hall–Kier alpha value is -1.18. The zero-order valence-electron chi connectivity index (χ0n) is 11.1. The van der Waals surface area contributed by atoms with Gasteiger partial charge in [-0.2, -0.15) is 0 Å². The Morgan fingerprint density at radius 2 is 1.95 bits per heavy atom. The maximum absolute atomic E-state index is 5.61. The first-order valence-corrected chi connectivity index (χ1v) is 8.76. The van der Waals surface area contributed by atoms with E-state index in [1.54, 1.807) is 23.1 Å². The molecule has 2 aromatic heterocycles. The van der Waals surface area contributed by atoms with E-state index in [1.807, 2.05) is 6.07 Å². The fourth-order valence-corrected chi connectivity index (χ4v) is 5.01. The second-order valence-electron chi connectivity index (χ2n) is 4.54. The van der Waals surface area contributed by atoms with Gasteiger partial charge in [0.05, 0.1) is 15.2 Å². The van der Waals surface area contributed by atoms with Crippen LogP contribution in [0.2, 0.25) is 0 Å². The highest BCUT2D eigenvalue weighted by Crippen LogP contribution is 2.37. The molecule has 0 aliphatic carbocycles. The number of hydrogen-bond acceptors (Lipinski definition) is 7. The van der Waals surface area contributed by atoms with Gasteiger partial charge in [-0.25, -0.2) is 4.98 Å². The molecule has 2 heterocycles. The molecular weight excluding hydrogens is 308 g/mol. The molecule has 1 aromatic carbocycles. The number of para-hydroxylation sites is 1. The molecule has 0 aliphatic heterocycles. The quantitative estimate of drug-likeness (QED) is 0.735. The number of nitrogens with two attached hydrogens (primary N) is 1. The minimum absolute atomic E-state index is 0.363. The maximum atomic E-state index is 5.61. The van der Waals surface area contributed by atoms with E-state index in [0.717, 1.165) is 9.86 Å². The molecule has 0 radical (unpaired) electrons. The van der Waals surface area contributed by atoms with Crippen LogP contribution in [0, 0.1) is 0 Å². The van der Waals surface area contributed by atoms with Gasteiger partial charge in [0.1, 0.15) is 0 Å². The second kappa shape index (κ2) is 5.67. The Morgan fingerprint density at radius 1 is 1.15 bits per heavy atom. The van der Waals surface area contributed by atoms with Gasteiger partial charge in [-0.1, -0.05) is 49.1 Å². The number of thiazole rings is 1. The van der Waals surface area contributed by atoms with E-state index in [1.165, 1.54) is 21.0 Å². The van der Waals surface area contributed by atoms with Gasteiger partial charge in [0, 0.05) is 11.2 Å². The van der Waals surface area contributed by atoms with Crippen molar-refractivity contribution in [3.63, 3.8) is 0 Å². The van der Waals surface area contributed by atoms with Crippen LogP contribution in [-0.4, -0.2) is 20.4 Å². The van der Waals surface area contributed by atoms with E-state index in [0.29, 0.717) is 16.3 Å². The van der Waals surface area contributed by atoms with Crippen LogP contribution in [0.15, 0.2) is 28.6 Å². The Balaban J connectivity index is 1.78. The molecule has 2 N–H and O–H groups in total. The Morgan fingerprint density at radius 3 is 2.65 bits per heavy atom. The topological polar surface area (TPSA) is 64.7 Å². The van der Waals surface area contributed by atoms with Gasteiger partial charge in [0.15, 0.2) is 4.34 Å². The molecule has 0 unspecified atom stereocenters. The Labute approximate surface area is 129 Å². The lowest BCUT2D eigenvalue weighted by Gasteiger charge is -2.15. The molecule has 20 heavy (non-hydrogen) atoms. The molecule has 104 valence electrons. The molecule has 3 aromatic rings. The van der Waals surface area contributed by atoms with Gasteiger partial charge in [-0.15, -0.1) is 21.5 Å². The summed E-state index contributed by atoms with van der Waals surface area (Å²) in [6, 6.07) is 8.26. The molecule has 4 nitrogen and oxygen atoms in total. The van der Waals surface area contributed by atoms with E-state index in [4.69, 9.17) is 10.7 Å². The zero-order chi connectivity index (χ0) is 14.1. The van der Waals surface area contributed by atoms with Crippen molar-refractivity contribution in [2.45, 2.75) is 29.4 Å². The molecule has 0 saturated carbocycles. The third-order valence-corrected chi connectivity index (χ3v) is 6.50. The highest BCUT2D eigenvalue weighted by Gasteiger charge is 2.20. The number of fused-ring (bicyclic) bond motifs is 1. The monoisotopic (exact) mass is 322 g/mol. The van der Waals surface area contributed by atoms with Gasteiger partial charge in [-0.05, 0) is 12.1 Å². The fourth-order valence-electron chi connectivity index (χ4n) is 1.81. The highest BCUT2D eigenvalue weighted by molar-refractivity contribution is 8.01. The average Bonchev–Trinajstić information content (AvgIpc) is 3.03. The Kier molecular flexibility index (Phi) is 3.91. The normalized spacial score (nSPS) is 14.5. The molecule has 0 aliphatic rings. The summed E-state index contributed by atoms with van der Waals surface area (Å²) in [5.41, 5.74) is 6.69. The number of rotatable bonds is 4. The average molecular weight is 322 g/mol. The summed E-state index contributed by atoms with van der Waals surface area (Å²) in [7, 11) is 0. The van der Waals surface area contributed by atoms with Crippen LogP contribution < -0.4 is 5.73 Å². The minimum atomic E-state index is 0.363. The molecule has 7 heteroatoms. The summed E-state index contributed by atoms with van der Waals surface area (Å²) in [6.07, 6.45) is 0. The van der Waals surface area contributed by atoms with E-state index in [-0.39, 0.29) is 0 Å². The van der Waals surface area contributed by atoms with Gasteiger partial charge >= 0.3 is 0 Å². The van der Waals surface area contributed by atoms with Crippen molar-refractivity contribution in [2.75, 3.05) is 5.73 Å². The van der Waals surface area contributed by atoms with E-state index < -0.39 is 0 Å². The van der Waals surface area contributed by atoms with Crippen molar-refractivity contribution in [2.24, 2.45) is 0 Å². The molecule has 0 saturated heterocycles. The molecule has 0 bridgehead atoms. The Bertz CT molecular complexity index is 688. The second-order valence-corrected chi connectivity index (χ2v) is 8.23. The van der Waals surface area contributed by atoms with Crippen molar-refractivity contribution in [1.82, 2.24) is 15.2 Å². The van der Waals surface area contributed by atoms with Crippen molar-refractivity contribution in [3.8, 4) is 0 Å². The number of anilines is 1. The highest BCUT2D eigenvalue weighted by atomic mass is 32.2. The van der Waals surface area contributed by atoms with Crippen LogP contribution in [0.3, 0.4) is 0 Å². The first-order valence-electron chi connectivity index (χ1n) is 6.24. The lowest BCUT2D eigenvalue weighted by atomic mass is 10.1. The smallest absolute Gasteiger partial charge is 0.203 e. The molecule has 0 fully saturated rings. The summed E-state index contributed by atoms with van der Waals surface area (Å²) in [6.45, 7) is 4.40. The van der Waals surface area contributed by atoms with Crippen LogP contribution >= 0.6 is 34.4 Å². The van der Waals surface area contributed by atoms with Crippen LogP contribution in [0.5, 0.6) is 0 Å². The number of benzene rings is 1. The number of nitrogen functional groups attached to an aromatic ring is 1. The standard InChI is InChI=1S/C13H14N4S3/c1-7(8(2)18-13-17-16-12(14)20-13)11-15-9-5-3-4-6-10(9)19-11/h3-8H,1-2H3,(H2,14,16)/t7-,8+/m0/s1. The predicted molar refractivity (Wildman–Crippen MR) is 87.7 cm³/mol. The predicted octanol–water partition coefficient (Wildman–Crippen LogP) is 4.01. The SMILES string of the molecule is C[C@H](c1nc2ccccc2s1)[C@@H](C)Sc1nnc(N)s1. The maximum Gasteiger partial charge on any atom is 0.203 e. The lowest BCUT2D eigenvalue weighted by Crippen LogP contribution is -2.07. The van der Waals surface area contributed by atoms with Crippen molar-refractivity contribution in [3.05, 3.63) is 29.3 Å². The summed E-state index contributed by atoms with van der Waals surface area (Å²) in [5.74, 6) is 0.363. The summed E-state index contributed by atoms with van der Waals surface area (Å²) >= 11 is 4.91. The minimum Gasteiger partial charge on any atom is -0.374 e. The van der Waals surface area contributed by atoms with E-state index in [9.17, 15) is 0 Å². The van der Waals surface area contributed by atoms with Gasteiger partial charge in [0.2, 0.25) is 5.13 Å². The number of hydrogen-bond donors (Lipinski definition) is 1. The van der Waals surface area contributed by atoms with E-state index >= 15 is 0 Å². The van der Waals surface area contributed by atoms with Crippen molar-refractivity contribution in [1.29, 1.82) is 0 Å². The van der Waals surface area contributed by atoms with Gasteiger partial charge < -0.3 is 5.73 Å². The first kappa shape index (κ1) is 13.8. The number of aromatic nitrogens is 3. The van der Waals surface area contributed by atoms with E-state index in [2.05, 4.69) is 42.2 Å². The van der Waals surface area contributed by atoms with Crippen LogP contribution in [0.25, 0.3) is 10.2 Å². The fraction of sp³-hybridized carbons (Fsp3) is 0.308. The summed E-state index contributed by atoms with van der Waals surface area (Å²) in [4.78, 5) is 4.73. The van der Waals surface area contributed by atoms with Gasteiger partial charge in [0.25, 0.3) is 0 Å². The zero-order valence-corrected chi connectivity index (χ0v) is 13.6. The molecule has 0 spiro atoms. The molecular formula is C13H14N4S3. The molecule has 0 amide bonds. The van der Waals surface area contributed by atoms with Gasteiger partial charge in [-0.3, -0.25) is 0 Å². The first-order chi connectivity index (χ1) is 9.63. The number of thioether (sulfide) groups is 1. The third-order valence-electron chi connectivity index (χ3n) is 3.11. The summed E-state index contributed by atoms with van der Waals surface area (Å²) in [5, 5.41) is 9.98. The van der Waals surface area contributed by atoms with Crippen molar-refractivity contribution >= 4 is 49.8 Å². The third kappa shape index (κ3) is 2.79. The molecule has 3 rings (SSSR count). The molecule has 2 atom stereocenters. The van der Waals surface area contributed by atoms with Crippen LogP contribution in [0.1, 0.15) is 24.8 Å².